The van der Waals surface area contributed by atoms with Crippen molar-refractivity contribution in [1.29, 1.82) is 0 Å². The van der Waals surface area contributed by atoms with Crippen molar-refractivity contribution in [3.63, 3.8) is 0 Å². The first-order valence-electron chi connectivity index (χ1n) is 7.28. The first kappa shape index (κ1) is 15.1. The van der Waals surface area contributed by atoms with Gasteiger partial charge in [-0.3, -0.25) is 4.79 Å². The van der Waals surface area contributed by atoms with Gasteiger partial charge in [-0.05, 0) is 11.1 Å². The predicted molar refractivity (Wildman–Crippen MR) is 86.3 cm³/mol. The molecule has 0 fully saturated rings. The lowest BCUT2D eigenvalue weighted by molar-refractivity contribution is 0.163. The normalized spacial score (nSPS) is 10.7. The molecule has 1 heterocycles. The Morgan fingerprint density at radius 3 is 2.00 bits per heavy atom. The molecule has 0 spiro atoms. The van der Waals surface area contributed by atoms with E-state index in [1.807, 2.05) is 60.7 Å². The van der Waals surface area contributed by atoms with Crippen LogP contribution < -0.4 is 10.2 Å². The molecule has 0 radical (unpaired) electrons. The fraction of sp³-hybridized carbons (Fsp3) is 0.105. The number of ether oxygens (including phenoxy) is 1. The molecule has 1 aromatic heterocycles. The molecule has 2 aromatic carbocycles. The van der Waals surface area contributed by atoms with Crippen LogP contribution in [-0.2, 0) is 6.61 Å². The number of aliphatic hydroxyl groups excluding tert-OH is 1. The standard InChI is InChI=1S/C19H16O4/c20-13-17-11-16(21)12-18(22-17)23-19(14-7-3-1-4-8-14)15-9-5-2-6-10-15/h1-12,19-20H,13H2. The van der Waals surface area contributed by atoms with Crippen LogP contribution in [0.4, 0.5) is 0 Å². The highest BCUT2D eigenvalue weighted by molar-refractivity contribution is 5.31. The second-order valence-corrected chi connectivity index (χ2v) is 5.06. The molecule has 0 aliphatic rings. The van der Waals surface area contributed by atoms with E-state index >= 15 is 0 Å². The fourth-order valence-corrected chi connectivity index (χ4v) is 2.34. The summed E-state index contributed by atoms with van der Waals surface area (Å²) in [5, 5.41) is 9.17. The minimum absolute atomic E-state index is 0.0826. The molecule has 0 saturated heterocycles. The highest BCUT2D eigenvalue weighted by atomic mass is 16.6. The maximum Gasteiger partial charge on any atom is 0.289 e. The van der Waals surface area contributed by atoms with Crippen LogP contribution in [0.1, 0.15) is 23.0 Å². The first-order valence-corrected chi connectivity index (χ1v) is 7.28. The number of aliphatic hydroxyl groups is 1. The van der Waals surface area contributed by atoms with Crippen LogP contribution in [-0.4, -0.2) is 5.11 Å². The van der Waals surface area contributed by atoms with Crippen molar-refractivity contribution < 1.29 is 14.3 Å². The third-order valence-corrected chi connectivity index (χ3v) is 3.39. The van der Waals surface area contributed by atoms with Gasteiger partial charge in [-0.1, -0.05) is 60.7 Å². The van der Waals surface area contributed by atoms with E-state index < -0.39 is 6.10 Å². The van der Waals surface area contributed by atoms with E-state index in [2.05, 4.69) is 0 Å². The summed E-state index contributed by atoms with van der Waals surface area (Å²) in [5.74, 6) is 0.256. The summed E-state index contributed by atoms with van der Waals surface area (Å²) in [4.78, 5) is 11.7. The summed E-state index contributed by atoms with van der Waals surface area (Å²) in [6.45, 7) is -0.353. The van der Waals surface area contributed by atoms with Crippen molar-refractivity contribution in [1.82, 2.24) is 0 Å². The summed E-state index contributed by atoms with van der Waals surface area (Å²) in [7, 11) is 0. The highest BCUT2D eigenvalue weighted by Gasteiger charge is 2.17. The zero-order chi connectivity index (χ0) is 16.1. The van der Waals surface area contributed by atoms with Crippen LogP contribution in [0.15, 0.2) is 82.0 Å². The molecular weight excluding hydrogens is 292 g/mol. The molecule has 0 aliphatic carbocycles. The van der Waals surface area contributed by atoms with Crippen LogP contribution >= 0.6 is 0 Å². The average molecular weight is 308 g/mol. The quantitative estimate of drug-likeness (QED) is 0.785. The van der Waals surface area contributed by atoms with Gasteiger partial charge in [-0.2, -0.15) is 0 Å². The lowest BCUT2D eigenvalue weighted by atomic mass is 10.0. The molecule has 1 N–H and O–H groups in total. The van der Waals surface area contributed by atoms with Gasteiger partial charge in [-0.15, -0.1) is 0 Å². The lowest BCUT2D eigenvalue weighted by Gasteiger charge is -2.19. The van der Waals surface area contributed by atoms with Gasteiger partial charge in [0.25, 0.3) is 5.95 Å². The van der Waals surface area contributed by atoms with Gasteiger partial charge in [-0.25, -0.2) is 0 Å². The maximum atomic E-state index is 11.7. The van der Waals surface area contributed by atoms with Gasteiger partial charge in [0.1, 0.15) is 12.4 Å². The van der Waals surface area contributed by atoms with E-state index in [1.54, 1.807) is 0 Å². The second-order valence-electron chi connectivity index (χ2n) is 5.06. The molecule has 116 valence electrons. The number of benzene rings is 2. The minimum atomic E-state index is -0.408. The predicted octanol–water partition coefficient (Wildman–Crippen LogP) is 3.30. The van der Waals surface area contributed by atoms with Gasteiger partial charge in [0.2, 0.25) is 0 Å². The molecule has 0 aliphatic heterocycles. The van der Waals surface area contributed by atoms with E-state index in [0.717, 1.165) is 11.1 Å². The van der Waals surface area contributed by atoms with Crippen LogP contribution in [0.25, 0.3) is 0 Å². The molecule has 0 saturated carbocycles. The summed E-state index contributed by atoms with van der Waals surface area (Å²) in [5.41, 5.74) is 1.61. The minimum Gasteiger partial charge on any atom is -0.452 e. The molecule has 0 amide bonds. The number of hydrogen-bond donors (Lipinski definition) is 1. The van der Waals surface area contributed by atoms with E-state index in [4.69, 9.17) is 14.3 Å². The summed E-state index contributed by atoms with van der Waals surface area (Å²) < 4.78 is 11.3. The largest absolute Gasteiger partial charge is 0.452 e. The van der Waals surface area contributed by atoms with Gasteiger partial charge < -0.3 is 14.3 Å². The Morgan fingerprint density at radius 1 is 0.913 bits per heavy atom. The Hall–Kier alpha value is -2.85. The molecule has 4 nitrogen and oxygen atoms in total. The number of hydrogen-bond acceptors (Lipinski definition) is 4. The molecule has 4 heteroatoms. The van der Waals surface area contributed by atoms with Crippen LogP contribution in [0, 0.1) is 0 Å². The van der Waals surface area contributed by atoms with Crippen LogP contribution in [0.3, 0.4) is 0 Å². The summed E-state index contributed by atoms with van der Waals surface area (Å²) in [6, 6.07) is 21.9. The SMILES string of the molecule is O=c1cc(CO)oc(OC(c2ccccc2)c2ccccc2)c1. The fourth-order valence-electron chi connectivity index (χ4n) is 2.34. The third-order valence-electron chi connectivity index (χ3n) is 3.39. The third kappa shape index (κ3) is 3.67. The number of rotatable bonds is 5. The summed E-state index contributed by atoms with van der Waals surface area (Å²) >= 11 is 0. The van der Waals surface area contributed by atoms with Gasteiger partial charge in [0, 0.05) is 6.07 Å². The van der Waals surface area contributed by atoms with E-state index in [1.165, 1.54) is 12.1 Å². The molecule has 0 bridgehead atoms. The van der Waals surface area contributed by atoms with Crippen molar-refractivity contribution in [2.75, 3.05) is 0 Å². The van der Waals surface area contributed by atoms with E-state index in [-0.39, 0.29) is 23.7 Å². The van der Waals surface area contributed by atoms with Crippen molar-refractivity contribution >= 4 is 0 Å². The Labute approximate surface area is 133 Å². The second kappa shape index (κ2) is 6.94. The Morgan fingerprint density at radius 2 is 1.48 bits per heavy atom. The van der Waals surface area contributed by atoms with Crippen LogP contribution in [0.2, 0.25) is 0 Å². The zero-order valence-electron chi connectivity index (χ0n) is 12.4. The van der Waals surface area contributed by atoms with Gasteiger partial charge in [0.05, 0.1) is 6.07 Å². The Bertz CT molecular complexity index is 770. The Balaban J connectivity index is 2.00. The van der Waals surface area contributed by atoms with E-state index in [9.17, 15) is 4.79 Å². The maximum absolute atomic E-state index is 11.7. The monoisotopic (exact) mass is 308 g/mol. The smallest absolute Gasteiger partial charge is 0.289 e. The highest BCUT2D eigenvalue weighted by Crippen LogP contribution is 2.28. The molecule has 23 heavy (non-hydrogen) atoms. The van der Waals surface area contributed by atoms with Crippen molar-refractivity contribution in [3.8, 4) is 5.95 Å². The van der Waals surface area contributed by atoms with Crippen molar-refractivity contribution in [2.24, 2.45) is 0 Å². The zero-order valence-corrected chi connectivity index (χ0v) is 12.4. The molecule has 0 unspecified atom stereocenters. The molecule has 3 aromatic rings. The van der Waals surface area contributed by atoms with Gasteiger partial charge >= 0.3 is 0 Å². The topological polar surface area (TPSA) is 59.7 Å². The van der Waals surface area contributed by atoms with Crippen molar-refractivity contribution in [3.05, 3.63) is 99.9 Å². The lowest BCUT2D eigenvalue weighted by Crippen LogP contribution is -2.11. The van der Waals surface area contributed by atoms with Gasteiger partial charge in [0.15, 0.2) is 11.5 Å². The summed E-state index contributed by atoms with van der Waals surface area (Å²) in [6.07, 6.45) is -0.408. The molecule has 0 atom stereocenters. The average Bonchev–Trinajstić information content (AvgIpc) is 2.60. The van der Waals surface area contributed by atoms with Crippen molar-refractivity contribution in [2.45, 2.75) is 12.7 Å². The molecule has 3 rings (SSSR count). The van der Waals surface area contributed by atoms with E-state index in [0.29, 0.717) is 0 Å². The molecular formula is C19H16O4. The van der Waals surface area contributed by atoms with Crippen LogP contribution in [0.5, 0.6) is 5.95 Å². The Kier molecular flexibility index (Phi) is 4.54. The first-order chi connectivity index (χ1) is 11.3.